The lowest BCUT2D eigenvalue weighted by atomic mass is 10.0. The summed E-state index contributed by atoms with van der Waals surface area (Å²) in [4.78, 5) is 52.3. The molecule has 3 aliphatic rings. The van der Waals surface area contributed by atoms with Crippen LogP contribution in [-0.2, 0) is 24.4 Å². The second kappa shape index (κ2) is 14.8. The second-order valence-corrected chi connectivity index (χ2v) is 16.3. The first-order valence-corrected chi connectivity index (χ1v) is 19.1. The molecule has 1 saturated heterocycles. The zero-order chi connectivity index (χ0) is 35.5. The molecule has 4 atom stereocenters. The summed E-state index contributed by atoms with van der Waals surface area (Å²) in [6, 6.07) is 10.3. The summed E-state index contributed by atoms with van der Waals surface area (Å²) in [7, 11) is -3.86. The minimum Gasteiger partial charge on any atom is -0.459 e. The van der Waals surface area contributed by atoms with E-state index >= 15 is 0 Å². The third-order valence-electron chi connectivity index (χ3n) is 9.91. The Morgan fingerprint density at radius 2 is 1.88 bits per heavy atom. The van der Waals surface area contributed by atoms with Crippen LogP contribution in [0.5, 0.6) is 6.01 Å². The quantitative estimate of drug-likeness (QED) is 0.293. The van der Waals surface area contributed by atoms with E-state index in [9.17, 15) is 22.8 Å². The zero-order valence-corrected chi connectivity index (χ0v) is 29.7. The van der Waals surface area contributed by atoms with E-state index in [0.717, 1.165) is 36.0 Å². The van der Waals surface area contributed by atoms with Gasteiger partial charge in [0.15, 0.2) is 0 Å². The Bertz CT molecular complexity index is 1840. The minimum absolute atomic E-state index is 0.0119. The smallest absolute Gasteiger partial charge is 0.297 e. The number of ether oxygens (including phenoxy) is 1. The van der Waals surface area contributed by atoms with E-state index in [1.165, 1.54) is 0 Å². The first kappa shape index (κ1) is 35.4. The standard InChI is InChI=1S/C36H47N7O6S/c1-24(2)43-31-22-37-19-16-28(31)40-35(43)49-27-20-30-33(45)38-21-25(32(44)41-50(47,48)36(3)17-18-36)12-8-5-4-6-11-15-29(34(46)42(30)23-27)39-26-13-9-7-10-14-26/h7-10,12-14,16,19,22,24-25,27,29-30,39H,4-6,11,15,17-18,20-21,23H2,1-3H3,(H,38,45)(H,41,44)/b12-8-/t25-,27-,29+,30+/m1/s1. The molecule has 3 amide bonds. The molecule has 0 radical (unpaired) electrons. The number of para-hydroxylation sites is 1. The summed E-state index contributed by atoms with van der Waals surface area (Å²) in [6.45, 7) is 5.69. The number of amides is 3. The third-order valence-corrected chi connectivity index (χ3v) is 12.1. The zero-order valence-electron chi connectivity index (χ0n) is 28.9. The van der Waals surface area contributed by atoms with Crippen molar-refractivity contribution >= 4 is 44.5 Å². The molecule has 1 saturated carbocycles. The van der Waals surface area contributed by atoms with E-state index in [2.05, 4.69) is 20.3 Å². The third kappa shape index (κ3) is 7.79. The maximum absolute atomic E-state index is 14.4. The Labute approximate surface area is 293 Å². The van der Waals surface area contributed by atoms with Crippen LogP contribution in [0.4, 0.5) is 5.69 Å². The number of anilines is 1. The molecule has 268 valence electrons. The van der Waals surface area contributed by atoms with Crippen LogP contribution in [0, 0.1) is 5.92 Å². The second-order valence-electron chi connectivity index (χ2n) is 14.1. The Morgan fingerprint density at radius 1 is 1.10 bits per heavy atom. The van der Waals surface area contributed by atoms with Gasteiger partial charge in [0.25, 0.3) is 6.01 Å². The lowest BCUT2D eigenvalue weighted by Crippen LogP contribution is -2.52. The van der Waals surface area contributed by atoms with Crippen molar-refractivity contribution in [2.45, 2.75) is 101 Å². The summed E-state index contributed by atoms with van der Waals surface area (Å²) in [5, 5.41) is 6.28. The van der Waals surface area contributed by atoms with Gasteiger partial charge in [0.05, 0.1) is 34.4 Å². The summed E-state index contributed by atoms with van der Waals surface area (Å²) in [6.07, 6.45) is 11.3. The highest BCUT2D eigenvalue weighted by molar-refractivity contribution is 7.91. The van der Waals surface area contributed by atoms with E-state index in [4.69, 9.17) is 9.72 Å². The van der Waals surface area contributed by atoms with Gasteiger partial charge in [-0.15, -0.1) is 0 Å². The van der Waals surface area contributed by atoms with Crippen LogP contribution >= 0.6 is 0 Å². The van der Waals surface area contributed by atoms with Crippen LogP contribution in [0.15, 0.2) is 60.9 Å². The Morgan fingerprint density at radius 3 is 2.62 bits per heavy atom. The van der Waals surface area contributed by atoms with E-state index in [1.807, 2.05) is 60.9 Å². The molecule has 6 rings (SSSR count). The maximum atomic E-state index is 14.4. The van der Waals surface area contributed by atoms with Crippen molar-refractivity contribution < 1.29 is 27.5 Å². The van der Waals surface area contributed by atoms with E-state index < -0.39 is 50.7 Å². The minimum atomic E-state index is -3.86. The van der Waals surface area contributed by atoms with Crippen molar-refractivity contribution in [3.8, 4) is 6.01 Å². The number of fused-ring (bicyclic) bond motifs is 2. The van der Waals surface area contributed by atoms with Gasteiger partial charge in [-0.3, -0.25) is 28.7 Å². The normalized spacial score (nSPS) is 25.2. The van der Waals surface area contributed by atoms with Gasteiger partial charge in [0.1, 0.15) is 18.2 Å². The lowest BCUT2D eigenvalue weighted by Gasteiger charge is -2.29. The van der Waals surface area contributed by atoms with Gasteiger partial charge >= 0.3 is 0 Å². The van der Waals surface area contributed by atoms with Crippen molar-refractivity contribution in [2.24, 2.45) is 5.92 Å². The number of imidazole rings is 1. The number of carbonyl (C=O) groups is 3. The lowest BCUT2D eigenvalue weighted by molar-refractivity contribution is -0.139. The van der Waals surface area contributed by atoms with Gasteiger partial charge in [-0.05, 0) is 71.1 Å². The van der Waals surface area contributed by atoms with Crippen LogP contribution in [0.25, 0.3) is 11.0 Å². The van der Waals surface area contributed by atoms with Crippen LogP contribution in [0.1, 0.15) is 78.2 Å². The number of hydrogen-bond acceptors (Lipinski definition) is 9. The summed E-state index contributed by atoms with van der Waals surface area (Å²) < 4.78 is 35.5. The maximum Gasteiger partial charge on any atom is 0.297 e. The Hall–Kier alpha value is -4.46. The fourth-order valence-corrected chi connectivity index (χ4v) is 7.92. The van der Waals surface area contributed by atoms with Crippen molar-refractivity contribution in [1.29, 1.82) is 0 Å². The molecule has 4 heterocycles. The van der Waals surface area contributed by atoms with E-state index in [1.54, 1.807) is 30.3 Å². The monoisotopic (exact) mass is 705 g/mol. The van der Waals surface area contributed by atoms with Crippen LogP contribution in [-0.4, -0.2) is 81.6 Å². The molecule has 1 aliphatic carbocycles. The SMILES string of the molecule is CC(C)n1c(O[C@@H]2C[C@H]3C(=O)NC[C@H](C(=O)NS(=O)(=O)C4(C)CC4)/C=C\CCCCC[C@H](Nc4ccccc4)C(=O)N3C2)nc2ccncc21. The number of nitrogens with one attached hydrogen (secondary N) is 3. The van der Waals surface area contributed by atoms with Crippen LogP contribution < -0.4 is 20.1 Å². The highest BCUT2D eigenvalue weighted by Gasteiger charge is 2.51. The molecule has 2 fully saturated rings. The van der Waals surface area contributed by atoms with Crippen LogP contribution in [0.3, 0.4) is 0 Å². The molecule has 0 spiro atoms. The molecule has 3 aromatic rings. The topological polar surface area (TPSA) is 165 Å². The van der Waals surface area contributed by atoms with E-state index in [-0.39, 0.29) is 31.5 Å². The average Bonchev–Trinajstić information content (AvgIpc) is 3.55. The molecule has 2 aliphatic heterocycles. The highest BCUT2D eigenvalue weighted by atomic mass is 32.2. The predicted octanol–water partition coefficient (Wildman–Crippen LogP) is 4.09. The summed E-state index contributed by atoms with van der Waals surface area (Å²) in [5.41, 5.74) is 2.36. The number of aromatic nitrogens is 3. The fraction of sp³-hybridized carbons (Fsp3) is 0.528. The molecule has 14 heteroatoms. The van der Waals surface area contributed by atoms with Crippen molar-refractivity contribution in [2.75, 3.05) is 18.4 Å². The number of hydrogen-bond donors (Lipinski definition) is 3. The number of sulfonamides is 1. The molecule has 2 aromatic heterocycles. The Balaban J connectivity index is 1.27. The number of nitrogens with zero attached hydrogens (tertiary/aromatic N) is 4. The van der Waals surface area contributed by atoms with Gasteiger partial charge in [0, 0.05) is 30.9 Å². The molecular formula is C36H47N7O6S. The number of benzene rings is 1. The molecular weight excluding hydrogens is 659 g/mol. The first-order chi connectivity index (χ1) is 24.0. The molecule has 50 heavy (non-hydrogen) atoms. The predicted molar refractivity (Wildman–Crippen MR) is 190 cm³/mol. The van der Waals surface area contributed by atoms with Gasteiger partial charge in [-0.2, -0.15) is 4.98 Å². The average molecular weight is 706 g/mol. The first-order valence-electron chi connectivity index (χ1n) is 17.6. The van der Waals surface area contributed by atoms with Gasteiger partial charge in [-0.1, -0.05) is 43.2 Å². The number of carbonyl (C=O) groups excluding carboxylic acids is 3. The summed E-state index contributed by atoms with van der Waals surface area (Å²) >= 11 is 0. The van der Waals surface area contributed by atoms with Gasteiger partial charge in [-0.25, -0.2) is 8.42 Å². The number of pyridine rings is 1. The fourth-order valence-electron chi connectivity index (χ4n) is 6.62. The molecule has 1 aromatic carbocycles. The largest absolute Gasteiger partial charge is 0.459 e. The Kier molecular flexibility index (Phi) is 10.5. The summed E-state index contributed by atoms with van der Waals surface area (Å²) in [5.74, 6) is -2.25. The van der Waals surface area contributed by atoms with Crippen molar-refractivity contribution in [1.82, 2.24) is 29.5 Å². The van der Waals surface area contributed by atoms with E-state index in [0.29, 0.717) is 31.7 Å². The molecule has 0 bridgehead atoms. The van der Waals surface area contributed by atoms with Gasteiger partial charge < -0.3 is 20.3 Å². The van der Waals surface area contributed by atoms with Crippen molar-refractivity contribution in [3.63, 3.8) is 0 Å². The van der Waals surface area contributed by atoms with Crippen molar-refractivity contribution in [3.05, 3.63) is 60.9 Å². The molecule has 13 nitrogen and oxygen atoms in total. The molecule has 3 N–H and O–H groups in total. The van der Waals surface area contributed by atoms with Gasteiger partial charge in [0.2, 0.25) is 27.7 Å². The van der Waals surface area contributed by atoms with Crippen LogP contribution in [0.2, 0.25) is 0 Å². The molecule has 0 unspecified atom stereocenters. The highest BCUT2D eigenvalue weighted by Crippen LogP contribution is 2.42. The number of rotatable bonds is 8. The number of allylic oxidation sites excluding steroid dienone is 1.